The lowest BCUT2D eigenvalue weighted by Gasteiger charge is -2.32. The summed E-state index contributed by atoms with van der Waals surface area (Å²) in [5.74, 6) is 0. The third-order valence-electron chi connectivity index (χ3n) is 3.66. The highest BCUT2D eigenvalue weighted by Crippen LogP contribution is 2.14. The van der Waals surface area contributed by atoms with Gasteiger partial charge in [0.1, 0.15) is 0 Å². The molecule has 98 valence electrons. The summed E-state index contributed by atoms with van der Waals surface area (Å²) < 4.78 is 0. The number of hydrogen-bond donors (Lipinski definition) is 2. The molecule has 2 rings (SSSR count). The summed E-state index contributed by atoms with van der Waals surface area (Å²) in [6.07, 6.45) is 6.98. The van der Waals surface area contributed by atoms with Gasteiger partial charge in [-0.05, 0) is 31.4 Å². The van der Waals surface area contributed by atoms with Crippen LogP contribution in [0.4, 0.5) is 0 Å². The van der Waals surface area contributed by atoms with Gasteiger partial charge >= 0.3 is 0 Å². The van der Waals surface area contributed by atoms with Crippen LogP contribution in [0.1, 0.15) is 24.8 Å². The molecule has 2 N–H and O–H groups in total. The zero-order chi connectivity index (χ0) is 12.6. The molecule has 1 aromatic carbocycles. The summed E-state index contributed by atoms with van der Waals surface area (Å²) in [5, 5.41) is 7.26. The Hall–Kier alpha value is -1.12. The third kappa shape index (κ3) is 3.97. The van der Waals surface area contributed by atoms with E-state index in [4.69, 9.17) is 0 Å². The van der Waals surface area contributed by atoms with Crippen molar-refractivity contribution in [1.82, 2.24) is 10.6 Å². The van der Waals surface area contributed by atoms with Crippen LogP contribution in [-0.4, -0.2) is 25.2 Å². The highest BCUT2D eigenvalue weighted by atomic mass is 15.0. The van der Waals surface area contributed by atoms with E-state index < -0.39 is 0 Å². The zero-order valence-electron chi connectivity index (χ0n) is 11.1. The van der Waals surface area contributed by atoms with Gasteiger partial charge < -0.3 is 10.6 Å². The number of nitrogens with one attached hydrogen (secondary N) is 2. The number of benzene rings is 1. The van der Waals surface area contributed by atoms with Crippen LogP contribution in [0.15, 0.2) is 43.0 Å². The second kappa shape index (κ2) is 7.34. The van der Waals surface area contributed by atoms with Crippen LogP contribution >= 0.6 is 0 Å². The van der Waals surface area contributed by atoms with Gasteiger partial charge in [-0.3, -0.25) is 0 Å². The Kier molecular flexibility index (Phi) is 5.43. The van der Waals surface area contributed by atoms with Gasteiger partial charge in [0.25, 0.3) is 0 Å². The maximum Gasteiger partial charge on any atom is 0.0264 e. The topological polar surface area (TPSA) is 24.1 Å². The predicted molar refractivity (Wildman–Crippen MR) is 77.8 cm³/mol. The van der Waals surface area contributed by atoms with Crippen LogP contribution < -0.4 is 10.6 Å². The predicted octanol–water partition coefficient (Wildman–Crippen LogP) is 2.52. The fourth-order valence-electron chi connectivity index (χ4n) is 2.68. The monoisotopic (exact) mass is 244 g/mol. The smallest absolute Gasteiger partial charge is 0.0264 e. The van der Waals surface area contributed by atoms with Crippen LogP contribution in [0.25, 0.3) is 0 Å². The normalized spacial score (nSPS) is 21.4. The molecule has 0 bridgehead atoms. The van der Waals surface area contributed by atoms with E-state index >= 15 is 0 Å². The van der Waals surface area contributed by atoms with Crippen molar-refractivity contribution >= 4 is 0 Å². The van der Waals surface area contributed by atoms with E-state index in [9.17, 15) is 0 Å². The molecule has 0 spiro atoms. The van der Waals surface area contributed by atoms with Crippen molar-refractivity contribution in [3.05, 3.63) is 48.6 Å². The Morgan fingerprint density at radius 1 is 1.33 bits per heavy atom. The van der Waals surface area contributed by atoms with E-state index in [2.05, 4.69) is 47.5 Å². The van der Waals surface area contributed by atoms with E-state index in [0.717, 1.165) is 19.5 Å². The van der Waals surface area contributed by atoms with Crippen molar-refractivity contribution in [1.29, 1.82) is 0 Å². The maximum absolute atomic E-state index is 3.80. The summed E-state index contributed by atoms with van der Waals surface area (Å²) in [7, 11) is 0. The Morgan fingerprint density at radius 2 is 2.17 bits per heavy atom. The molecule has 0 aromatic heterocycles. The van der Waals surface area contributed by atoms with Gasteiger partial charge in [-0.25, -0.2) is 0 Å². The van der Waals surface area contributed by atoms with Crippen LogP contribution in [0.2, 0.25) is 0 Å². The molecular formula is C16H24N2. The molecule has 18 heavy (non-hydrogen) atoms. The molecule has 1 aliphatic rings. The standard InChI is InChI=1S/C16H24N2/c1-2-11-17-16(15-10-6-7-12-18-15)13-14-8-4-3-5-9-14/h2-5,8-9,15-18H,1,6-7,10-13H2. The van der Waals surface area contributed by atoms with E-state index in [0.29, 0.717) is 12.1 Å². The second-order valence-electron chi connectivity index (χ2n) is 5.05. The molecule has 0 radical (unpaired) electrons. The first-order valence-electron chi connectivity index (χ1n) is 7.02. The molecule has 1 saturated heterocycles. The molecule has 2 unspecified atom stereocenters. The van der Waals surface area contributed by atoms with Crippen LogP contribution in [0, 0.1) is 0 Å². The van der Waals surface area contributed by atoms with Crippen LogP contribution in [0.5, 0.6) is 0 Å². The van der Waals surface area contributed by atoms with Crippen LogP contribution in [-0.2, 0) is 6.42 Å². The zero-order valence-corrected chi connectivity index (χ0v) is 11.1. The first-order chi connectivity index (χ1) is 8.90. The van der Waals surface area contributed by atoms with E-state index in [1.165, 1.54) is 24.8 Å². The molecule has 0 aliphatic carbocycles. The lowest BCUT2D eigenvalue weighted by atomic mass is 9.93. The minimum Gasteiger partial charge on any atom is -0.312 e. The SMILES string of the molecule is C=CCNC(Cc1ccccc1)C1CCCCN1. The van der Waals surface area contributed by atoms with Gasteiger partial charge in [0.15, 0.2) is 0 Å². The Morgan fingerprint density at radius 3 is 2.83 bits per heavy atom. The fourth-order valence-corrected chi connectivity index (χ4v) is 2.68. The van der Waals surface area contributed by atoms with Crippen molar-refractivity contribution in [2.45, 2.75) is 37.8 Å². The summed E-state index contributed by atoms with van der Waals surface area (Å²) in [5.41, 5.74) is 1.41. The highest BCUT2D eigenvalue weighted by Gasteiger charge is 2.22. The number of rotatable bonds is 6. The second-order valence-corrected chi connectivity index (χ2v) is 5.05. The molecular weight excluding hydrogens is 220 g/mol. The molecule has 2 heteroatoms. The quantitative estimate of drug-likeness (QED) is 0.751. The summed E-state index contributed by atoms with van der Waals surface area (Å²) in [6.45, 7) is 5.84. The molecule has 1 heterocycles. The average molecular weight is 244 g/mol. The maximum atomic E-state index is 3.80. The van der Waals surface area contributed by atoms with Crippen molar-refractivity contribution in [2.75, 3.05) is 13.1 Å². The molecule has 1 aliphatic heterocycles. The van der Waals surface area contributed by atoms with Crippen molar-refractivity contribution < 1.29 is 0 Å². The minimum absolute atomic E-state index is 0.505. The Labute approximate surface area is 110 Å². The molecule has 2 atom stereocenters. The van der Waals surface area contributed by atoms with Gasteiger partial charge in [0, 0.05) is 18.6 Å². The first-order valence-corrected chi connectivity index (χ1v) is 7.02. The van der Waals surface area contributed by atoms with Gasteiger partial charge in [-0.2, -0.15) is 0 Å². The van der Waals surface area contributed by atoms with Gasteiger partial charge in [0.2, 0.25) is 0 Å². The average Bonchev–Trinajstić information content (AvgIpc) is 2.45. The minimum atomic E-state index is 0.505. The molecule has 1 aromatic rings. The van der Waals surface area contributed by atoms with Gasteiger partial charge in [0.05, 0.1) is 0 Å². The first kappa shape index (κ1) is 13.3. The summed E-state index contributed by atoms with van der Waals surface area (Å²) in [6, 6.07) is 11.8. The molecule has 1 fully saturated rings. The van der Waals surface area contributed by atoms with Crippen LogP contribution in [0.3, 0.4) is 0 Å². The lowest BCUT2D eigenvalue weighted by Crippen LogP contribution is -2.51. The van der Waals surface area contributed by atoms with Crippen molar-refractivity contribution in [2.24, 2.45) is 0 Å². The van der Waals surface area contributed by atoms with Gasteiger partial charge in [-0.15, -0.1) is 6.58 Å². The Bertz CT molecular complexity index is 341. The van der Waals surface area contributed by atoms with Crippen molar-refractivity contribution in [3.63, 3.8) is 0 Å². The van der Waals surface area contributed by atoms with E-state index in [-0.39, 0.29) is 0 Å². The largest absolute Gasteiger partial charge is 0.312 e. The van der Waals surface area contributed by atoms with E-state index in [1.807, 2.05) is 6.08 Å². The highest BCUT2D eigenvalue weighted by molar-refractivity contribution is 5.16. The number of piperidine rings is 1. The van der Waals surface area contributed by atoms with Crippen molar-refractivity contribution in [3.8, 4) is 0 Å². The number of hydrogen-bond acceptors (Lipinski definition) is 2. The Balaban J connectivity index is 1.97. The fraction of sp³-hybridized carbons (Fsp3) is 0.500. The van der Waals surface area contributed by atoms with E-state index in [1.54, 1.807) is 0 Å². The molecule has 2 nitrogen and oxygen atoms in total. The molecule has 0 saturated carbocycles. The lowest BCUT2D eigenvalue weighted by molar-refractivity contribution is 0.315. The summed E-state index contributed by atoms with van der Waals surface area (Å²) >= 11 is 0. The molecule has 0 amide bonds. The summed E-state index contributed by atoms with van der Waals surface area (Å²) in [4.78, 5) is 0. The third-order valence-corrected chi connectivity index (χ3v) is 3.66. The van der Waals surface area contributed by atoms with Gasteiger partial charge in [-0.1, -0.05) is 42.8 Å².